The number of carbonyl (C=O) groups excluding carboxylic acids is 1. The first-order valence-corrected chi connectivity index (χ1v) is 7.59. The first kappa shape index (κ1) is 14.0. The number of hydrogen-bond donors (Lipinski definition) is 2. The Labute approximate surface area is 130 Å². The number of nitrogens with zero attached hydrogens (tertiary/aromatic N) is 1. The highest BCUT2D eigenvalue weighted by Gasteiger charge is 2.24. The number of hydrogen-bond acceptors (Lipinski definition) is 4. The van der Waals surface area contributed by atoms with Gasteiger partial charge >= 0.3 is 0 Å². The third kappa shape index (κ3) is 2.89. The normalized spacial score (nSPS) is 13.8. The fourth-order valence-electron chi connectivity index (χ4n) is 2.00. The Hall–Kier alpha value is -1.98. The van der Waals surface area contributed by atoms with E-state index in [1.165, 1.54) is 11.8 Å². The minimum Gasteiger partial charge on any atom is -0.507 e. The van der Waals surface area contributed by atoms with E-state index in [2.05, 4.69) is 10.3 Å². The Morgan fingerprint density at radius 2 is 2.19 bits per heavy atom. The van der Waals surface area contributed by atoms with Gasteiger partial charge in [-0.15, -0.1) is 11.8 Å². The molecule has 0 aliphatic carbocycles. The number of pyridine rings is 1. The van der Waals surface area contributed by atoms with Crippen molar-refractivity contribution in [2.45, 2.75) is 4.90 Å². The van der Waals surface area contributed by atoms with Crippen LogP contribution in [0.4, 0.5) is 5.82 Å². The monoisotopic (exact) mass is 318 g/mol. The lowest BCUT2D eigenvalue weighted by atomic mass is 10.1. The van der Waals surface area contributed by atoms with E-state index in [0.717, 1.165) is 4.90 Å². The lowest BCUT2D eigenvalue weighted by molar-refractivity contribution is -0.112. The minimum absolute atomic E-state index is 0.0281. The van der Waals surface area contributed by atoms with Gasteiger partial charge in [0, 0.05) is 27.4 Å². The summed E-state index contributed by atoms with van der Waals surface area (Å²) < 4.78 is 0. The molecule has 4 nitrogen and oxygen atoms in total. The number of carbonyl (C=O) groups is 1. The number of halogens is 1. The molecule has 0 saturated heterocycles. The second-order valence-electron chi connectivity index (χ2n) is 4.43. The molecule has 0 bridgehead atoms. The van der Waals surface area contributed by atoms with Gasteiger partial charge in [0.25, 0.3) is 5.91 Å². The van der Waals surface area contributed by atoms with Crippen molar-refractivity contribution < 1.29 is 9.90 Å². The number of thioether (sulfide) groups is 1. The number of rotatable bonds is 2. The standard InChI is InChI=1S/C15H11ClN2O2S/c16-9-4-5-12-10(7-9)14(19)11(8-21-12)15(20)18-13-3-1-2-6-17-13/h1-7,19H,8H2,(H,17,18,20). The second kappa shape index (κ2) is 5.79. The summed E-state index contributed by atoms with van der Waals surface area (Å²) in [5.41, 5.74) is 0.908. The van der Waals surface area contributed by atoms with Crippen LogP contribution >= 0.6 is 23.4 Å². The van der Waals surface area contributed by atoms with Crippen molar-refractivity contribution in [3.63, 3.8) is 0 Å². The summed E-state index contributed by atoms with van der Waals surface area (Å²) in [5, 5.41) is 13.5. The minimum atomic E-state index is -0.357. The van der Waals surface area contributed by atoms with Gasteiger partial charge in [-0.2, -0.15) is 0 Å². The van der Waals surface area contributed by atoms with Gasteiger partial charge < -0.3 is 10.4 Å². The van der Waals surface area contributed by atoms with Crippen LogP contribution in [0.15, 0.2) is 53.1 Å². The number of amides is 1. The van der Waals surface area contributed by atoms with E-state index in [9.17, 15) is 9.90 Å². The van der Waals surface area contributed by atoms with Crippen LogP contribution in [-0.4, -0.2) is 21.8 Å². The molecule has 2 aromatic rings. The summed E-state index contributed by atoms with van der Waals surface area (Å²) in [5.74, 6) is 0.466. The fraction of sp³-hybridized carbons (Fsp3) is 0.0667. The lowest BCUT2D eigenvalue weighted by Gasteiger charge is -2.18. The smallest absolute Gasteiger partial charge is 0.257 e. The van der Waals surface area contributed by atoms with E-state index in [1.807, 2.05) is 6.07 Å². The molecular weight excluding hydrogens is 308 g/mol. The van der Waals surface area contributed by atoms with Gasteiger partial charge in [0.2, 0.25) is 0 Å². The number of anilines is 1. The third-order valence-electron chi connectivity index (χ3n) is 3.04. The summed E-state index contributed by atoms with van der Waals surface area (Å²) in [7, 11) is 0. The van der Waals surface area contributed by atoms with Crippen molar-refractivity contribution in [1.29, 1.82) is 0 Å². The van der Waals surface area contributed by atoms with Gasteiger partial charge in [-0.05, 0) is 30.3 Å². The Kier molecular flexibility index (Phi) is 3.86. The van der Waals surface area contributed by atoms with Crippen molar-refractivity contribution in [2.75, 3.05) is 11.1 Å². The topological polar surface area (TPSA) is 62.2 Å². The third-order valence-corrected chi connectivity index (χ3v) is 4.37. The maximum absolute atomic E-state index is 12.3. The fourth-order valence-corrected chi connectivity index (χ4v) is 3.21. The van der Waals surface area contributed by atoms with Gasteiger partial charge in [-0.1, -0.05) is 17.7 Å². The van der Waals surface area contributed by atoms with Crippen LogP contribution < -0.4 is 5.32 Å². The molecule has 2 heterocycles. The van der Waals surface area contributed by atoms with E-state index in [4.69, 9.17) is 11.6 Å². The van der Waals surface area contributed by atoms with Gasteiger partial charge in [0.1, 0.15) is 11.6 Å². The van der Waals surface area contributed by atoms with Crippen molar-refractivity contribution >= 4 is 40.8 Å². The molecule has 1 aromatic heterocycles. The molecule has 1 aliphatic heterocycles. The molecule has 0 spiro atoms. The molecule has 21 heavy (non-hydrogen) atoms. The highest BCUT2D eigenvalue weighted by molar-refractivity contribution is 7.99. The number of aliphatic hydroxyl groups excluding tert-OH is 1. The first-order chi connectivity index (χ1) is 10.1. The highest BCUT2D eigenvalue weighted by Crippen LogP contribution is 2.37. The zero-order chi connectivity index (χ0) is 14.8. The lowest BCUT2D eigenvalue weighted by Crippen LogP contribution is -2.20. The average Bonchev–Trinajstić information content (AvgIpc) is 2.49. The molecular formula is C15H11ClN2O2S. The maximum Gasteiger partial charge on any atom is 0.257 e. The maximum atomic E-state index is 12.3. The summed E-state index contributed by atoms with van der Waals surface area (Å²) in [6, 6.07) is 10.5. The molecule has 0 unspecified atom stereocenters. The largest absolute Gasteiger partial charge is 0.507 e. The van der Waals surface area contributed by atoms with E-state index < -0.39 is 0 Å². The zero-order valence-electron chi connectivity index (χ0n) is 10.8. The summed E-state index contributed by atoms with van der Waals surface area (Å²) in [6.07, 6.45) is 1.59. The Bertz CT molecular complexity index is 732. The van der Waals surface area contributed by atoms with Crippen LogP contribution in [0, 0.1) is 0 Å². The van der Waals surface area contributed by atoms with Crippen LogP contribution in [0.3, 0.4) is 0 Å². The van der Waals surface area contributed by atoms with E-state index in [1.54, 1.807) is 36.5 Å². The molecule has 1 amide bonds. The Balaban J connectivity index is 1.91. The molecule has 0 radical (unpaired) electrons. The predicted molar refractivity (Wildman–Crippen MR) is 84.6 cm³/mol. The van der Waals surface area contributed by atoms with E-state index in [-0.39, 0.29) is 11.7 Å². The number of aliphatic hydroxyl groups is 1. The molecule has 1 aliphatic rings. The quantitative estimate of drug-likeness (QED) is 0.885. The van der Waals surface area contributed by atoms with E-state index in [0.29, 0.717) is 27.7 Å². The zero-order valence-corrected chi connectivity index (χ0v) is 12.4. The van der Waals surface area contributed by atoms with Crippen LogP contribution in [0.1, 0.15) is 5.56 Å². The number of fused-ring (bicyclic) bond motifs is 1. The molecule has 0 saturated carbocycles. The van der Waals surface area contributed by atoms with Crippen molar-refractivity contribution in [3.8, 4) is 0 Å². The van der Waals surface area contributed by atoms with Crippen molar-refractivity contribution in [3.05, 3.63) is 58.8 Å². The van der Waals surface area contributed by atoms with Crippen LogP contribution in [-0.2, 0) is 4.79 Å². The highest BCUT2D eigenvalue weighted by atomic mass is 35.5. The SMILES string of the molecule is O=C(Nc1ccccn1)C1=C(O)c2cc(Cl)ccc2SC1. The molecule has 3 rings (SSSR count). The van der Waals surface area contributed by atoms with Crippen LogP contribution in [0.25, 0.3) is 5.76 Å². The molecule has 0 fully saturated rings. The summed E-state index contributed by atoms with van der Waals surface area (Å²) in [4.78, 5) is 17.2. The van der Waals surface area contributed by atoms with Crippen molar-refractivity contribution in [2.24, 2.45) is 0 Å². The molecule has 1 aromatic carbocycles. The molecule has 6 heteroatoms. The predicted octanol–water partition coefficient (Wildman–Crippen LogP) is 3.75. The van der Waals surface area contributed by atoms with E-state index >= 15 is 0 Å². The van der Waals surface area contributed by atoms with Gasteiger partial charge in [-0.25, -0.2) is 4.98 Å². The van der Waals surface area contributed by atoms with Crippen molar-refractivity contribution in [1.82, 2.24) is 4.98 Å². The second-order valence-corrected chi connectivity index (χ2v) is 5.88. The average molecular weight is 319 g/mol. The number of aromatic nitrogens is 1. The van der Waals surface area contributed by atoms with Crippen LogP contribution in [0.5, 0.6) is 0 Å². The van der Waals surface area contributed by atoms with Gasteiger partial charge in [-0.3, -0.25) is 4.79 Å². The van der Waals surface area contributed by atoms with Crippen LogP contribution in [0.2, 0.25) is 5.02 Å². The number of nitrogens with one attached hydrogen (secondary N) is 1. The summed E-state index contributed by atoms with van der Waals surface area (Å²) in [6.45, 7) is 0. The molecule has 106 valence electrons. The summed E-state index contributed by atoms with van der Waals surface area (Å²) >= 11 is 7.44. The first-order valence-electron chi connectivity index (χ1n) is 6.22. The Morgan fingerprint density at radius 3 is 2.95 bits per heavy atom. The van der Waals surface area contributed by atoms with Gasteiger partial charge in [0.15, 0.2) is 0 Å². The van der Waals surface area contributed by atoms with Gasteiger partial charge in [0.05, 0.1) is 5.57 Å². The molecule has 2 N–H and O–H groups in total. The molecule has 0 atom stereocenters. The Morgan fingerprint density at radius 1 is 1.33 bits per heavy atom. The number of benzene rings is 1.